The van der Waals surface area contributed by atoms with Crippen LogP contribution in [0.25, 0.3) is 0 Å². The van der Waals surface area contributed by atoms with Crippen molar-refractivity contribution < 1.29 is 14.7 Å². The monoisotopic (exact) mass is 344 g/mol. The topological polar surface area (TPSA) is 78.4 Å². The summed E-state index contributed by atoms with van der Waals surface area (Å²) in [5, 5.41) is 16.0. The molecule has 6 heteroatoms. The predicted molar refractivity (Wildman–Crippen MR) is 94.1 cm³/mol. The van der Waals surface area contributed by atoms with E-state index in [9.17, 15) is 14.7 Å². The van der Waals surface area contributed by atoms with Gasteiger partial charge in [0.2, 0.25) is 5.91 Å². The van der Waals surface area contributed by atoms with E-state index in [4.69, 9.17) is 0 Å². The first-order chi connectivity index (χ1) is 11.6. The van der Waals surface area contributed by atoms with Crippen molar-refractivity contribution in [1.82, 2.24) is 5.32 Å². The van der Waals surface area contributed by atoms with Crippen LogP contribution in [0.5, 0.6) is 0 Å². The summed E-state index contributed by atoms with van der Waals surface area (Å²) in [4.78, 5) is 24.9. The number of benzene rings is 1. The zero-order chi connectivity index (χ0) is 17.1. The number of amides is 2. The molecule has 0 radical (unpaired) electrons. The maximum absolute atomic E-state index is 12.5. The van der Waals surface area contributed by atoms with Crippen LogP contribution in [-0.2, 0) is 4.79 Å². The molecule has 2 amide bonds. The van der Waals surface area contributed by atoms with Crippen LogP contribution in [0.2, 0.25) is 0 Å². The van der Waals surface area contributed by atoms with Crippen molar-refractivity contribution in [3.8, 4) is 0 Å². The summed E-state index contributed by atoms with van der Waals surface area (Å²) in [6.07, 6.45) is 1.89. The van der Waals surface area contributed by atoms with E-state index in [2.05, 4.69) is 10.6 Å². The van der Waals surface area contributed by atoms with Gasteiger partial charge in [-0.05, 0) is 37.0 Å². The number of aryl methyl sites for hydroxylation is 1. The average molecular weight is 344 g/mol. The molecule has 0 saturated heterocycles. The highest BCUT2D eigenvalue weighted by atomic mass is 32.1. The minimum absolute atomic E-state index is 0.0285. The van der Waals surface area contributed by atoms with E-state index in [1.54, 1.807) is 0 Å². The van der Waals surface area contributed by atoms with Gasteiger partial charge < -0.3 is 15.7 Å². The number of hydrogen-bond acceptors (Lipinski definition) is 4. The molecule has 0 bridgehead atoms. The second kappa shape index (κ2) is 7.15. The van der Waals surface area contributed by atoms with Crippen molar-refractivity contribution >= 4 is 28.2 Å². The molecule has 1 aromatic carbocycles. The van der Waals surface area contributed by atoms with Gasteiger partial charge in [0.25, 0.3) is 5.91 Å². The zero-order valence-electron chi connectivity index (χ0n) is 13.4. The zero-order valence-corrected chi connectivity index (χ0v) is 14.2. The highest BCUT2D eigenvalue weighted by Gasteiger charge is 2.30. The van der Waals surface area contributed by atoms with Gasteiger partial charge in [-0.25, -0.2) is 0 Å². The molecule has 2 aromatic rings. The van der Waals surface area contributed by atoms with E-state index in [1.165, 1.54) is 11.3 Å². The normalized spacial score (nSPS) is 14.9. The molecule has 126 valence electrons. The van der Waals surface area contributed by atoms with Crippen molar-refractivity contribution in [1.29, 1.82) is 0 Å². The van der Waals surface area contributed by atoms with Crippen LogP contribution in [0.15, 0.2) is 36.4 Å². The number of anilines is 1. The van der Waals surface area contributed by atoms with Gasteiger partial charge in [0.05, 0.1) is 22.5 Å². The molecule has 1 fully saturated rings. The first-order valence-electron chi connectivity index (χ1n) is 7.96. The molecule has 3 rings (SSSR count). The summed E-state index contributed by atoms with van der Waals surface area (Å²) in [5.74, 6) is -0.0883. The Hall–Kier alpha value is -2.18. The van der Waals surface area contributed by atoms with Gasteiger partial charge in [-0.15, -0.1) is 11.3 Å². The van der Waals surface area contributed by atoms with Crippen molar-refractivity contribution in [3.63, 3.8) is 0 Å². The first-order valence-corrected chi connectivity index (χ1v) is 8.78. The second-order valence-electron chi connectivity index (χ2n) is 6.01. The second-order valence-corrected chi connectivity index (χ2v) is 7.06. The summed E-state index contributed by atoms with van der Waals surface area (Å²) in [7, 11) is 0. The van der Waals surface area contributed by atoms with Crippen LogP contribution in [0.1, 0.15) is 39.7 Å². The van der Waals surface area contributed by atoms with Crippen LogP contribution in [0.4, 0.5) is 5.00 Å². The lowest BCUT2D eigenvalue weighted by Gasteiger charge is -2.16. The molecule has 0 aliphatic heterocycles. The molecule has 1 aliphatic rings. The standard InChI is InChI=1S/C18H20N2O3S/c1-11-9-15(20-17(22)13-7-8-13)24-16(11)18(23)19-14(10-21)12-5-3-2-4-6-12/h2-6,9,13-14,21H,7-8,10H2,1H3,(H,19,23)(H,20,22). The Morgan fingerprint density at radius 3 is 2.62 bits per heavy atom. The maximum atomic E-state index is 12.5. The van der Waals surface area contributed by atoms with Crippen molar-refractivity contribution in [2.24, 2.45) is 5.92 Å². The van der Waals surface area contributed by atoms with Gasteiger partial charge in [0.15, 0.2) is 0 Å². The quantitative estimate of drug-likeness (QED) is 0.754. The lowest BCUT2D eigenvalue weighted by Crippen LogP contribution is -2.30. The molecule has 1 unspecified atom stereocenters. The third-order valence-corrected chi connectivity index (χ3v) is 5.16. The molecule has 0 spiro atoms. The van der Waals surface area contributed by atoms with Crippen molar-refractivity contribution in [2.75, 3.05) is 11.9 Å². The number of aliphatic hydroxyl groups is 1. The third kappa shape index (κ3) is 3.83. The van der Waals surface area contributed by atoms with Crippen LogP contribution >= 0.6 is 11.3 Å². The molecule has 3 N–H and O–H groups in total. The Labute approximate surface area is 144 Å². The summed E-state index contributed by atoms with van der Waals surface area (Å²) < 4.78 is 0. The van der Waals surface area contributed by atoms with Crippen LogP contribution in [0.3, 0.4) is 0 Å². The summed E-state index contributed by atoms with van der Waals surface area (Å²) >= 11 is 1.26. The van der Waals surface area contributed by atoms with Gasteiger partial charge in [-0.1, -0.05) is 30.3 Å². The molecule has 1 aromatic heterocycles. The number of carbonyl (C=O) groups is 2. The van der Waals surface area contributed by atoms with Crippen LogP contribution in [0, 0.1) is 12.8 Å². The lowest BCUT2D eigenvalue weighted by molar-refractivity contribution is -0.117. The molecule has 1 heterocycles. The Morgan fingerprint density at radius 1 is 1.29 bits per heavy atom. The van der Waals surface area contributed by atoms with Crippen LogP contribution < -0.4 is 10.6 Å². The maximum Gasteiger partial charge on any atom is 0.262 e. The summed E-state index contributed by atoms with van der Waals surface area (Å²) in [6, 6.07) is 10.7. The van der Waals surface area contributed by atoms with E-state index in [0.717, 1.165) is 24.0 Å². The Morgan fingerprint density at radius 2 is 2.00 bits per heavy atom. The van der Waals surface area contributed by atoms with E-state index < -0.39 is 6.04 Å². The summed E-state index contributed by atoms with van der Waals surface area (Å²) in [6.45, 7) is 1.67. The summed E-state index contributed by atoms with van der Waals surface area (Å²) in [5.41, 5.74) is 1.66. The highest BCUT2D eigenvalue weighted by molar-refractivity contribution is 7.18. The highest BCUT2D eigenvalue weighted by Crippen LogP contribution is 2.33. The Balaban J connectivity index is 1.70. The van der Waals surface area contributed by atoms with Gasteiger partial charge in [0.1, 0.15) is 0 Å². The van der Waals surface area contributed by atoms with Gasteiger partial charge in [-0.2, -0.15) is 0 Å². The fourth-order valence-corrected chi connectivity index (χ4v) is 3.46. The molecular formula is C18H20N2O3S. The third-order valence-electron chi connectivity index (χ3n) is 4.01. The van der Waals surface area contributed by atoms with Crippen LogP contribution in [-0.4, -0.2) is 23.5 Å². The number of rotatable bonds is 6. The minimum atomic E-state index is -0.454. The predicted octanol–water partition coefficient (Wildman–Crippen LogP) is 2.87. The molecule has 24 heavy (non-hydrogen) atoms. The van der Waals surface area contributed by atoms with E-state index in [1.807, 2.05) is 43.3 Å². The van der Waals surface area contributed by atoms with Crippen molar-refractivity contribution in [2.45, 2.75) is 25.8 Å². The number of hydrogen-bond donors (Lipinski definition) is 3. The SMILES string of the molecule is Cc1cc(NC(=O)C2CC2)sc1C(=O)NC(CO)c1ccccc1. The number of aliphatic hydroxyl groups excluding tert-OH is 1. The largest absolute Gasteiger partial charge is 0.394 e. The molecular weight excluding hydrogens is 324 g/mol. The minimum Gasteiger partial charge on any atom is -0.394 e. The molecule has 1 saturated carbocycles. The number of carbonyl (C=O) groups excluding carboxylic acids is 2. The van der Waals surface area contributed by atoms with Gasteiger partial charge in [0, 0.05) is 5.92 Å². The van der Waals surface area contributed by atoms with E-state index in [-0.39, 0.29) is 24.3 Å². The van der Waals surface area contributed by atoms with Gasteiger partial charge >= 0.3 is 0 Å². The lowest BCUT2D eigenvalue weighted by atomic mass is 10.1. The van der Waals surface area contributed by atoms with Crippen molar-refractivity contribution in [3.05, 3.63) is 52.4 Å². The fraction of sp³-hybridized carbons (Fsp3) is 0.333. The Kier molecular flexibility index (Phi) is 4.97. The average Bonchev–Trinajstić information content (AvgIpc) is 3.37. The Bertz CT molecular complexity index is 738. The number of thiophene rings is 1. The smallest absolute Gasteiger partial charge is 0.262 e. The number of nitrogens with one attached hydrogen (secondary N) is 2. The van der Waals surface area contributed by atoms with Gasteiger partial charge in [-0.3, -0.25) is 9.59 Å². The fourth-order valence-electron chi connectivity index (χ4n) is 2.48. The molecule has 1 atom stereocenters. The van der Waals surface area contributed by atoms with E-state index in [0.29, 0.717) is 9.88 Å². The van der Waals surface area contributed by atoms with E-state index >= 15 is 0 Å². The molecule has 5 nitrogen and oxygen atoms in total. The molecule has 1 aliphatic carbocycles. The first kappa shape index (κ1) is 16.7.